The summed E-state index contributed by atoms with van der Waals surface area (Å²) in [6.45, 7) is 1.43. The minimum absolute atomic E-state index is 0.0113. The number of nitro benzene ring substituents is 2. The van der Waals surface area contributed by atoms with Crippen LogP contribution in [0.15, 0.2) is 42.5 Å². The van der Waals surface area contributed by atoms with Crippen LogP contribution in [0.25, 0.3) is 0 Å². The van der Waals surface area contributed by atoms with Crippen LogP contribution in [0.4, 0.5) is 15.8 Å². The first-order chi connectivity index (χ1) is 13.3. The van der Waals surface area contributed by atoms with Crippen molar-refractivity contribution in [3.63, 3.8) is 0 Å². The van der Waals surface area contributed by atoms with Gasteiger partial charge < -0.3 is 10.6 Å². The summed E-state index contributed by atoms with van der Waals surface area (Å²) >= 11 is 0. The molecule has 0 atom stereocenters. The molecular formula is C18H19FN4O5. The highest BCUT2D eigenvalue weighted by Crippen LogP contribution is 2.24. The van der Waals surface area contributed by atoms with Gasteiger partial charge in [0.2, 0.25) is 0 Å². The molecule has 0 spiro atoms. The molecule has 0 aliphatic carbocycles. The first kappa shape index (κ1) is 20.9. The van der Waals surface area contributed by atoms with Gasteiger partial charge in [-0.05, 0) is 18.9 Å². The molecule has 9 nitrogen and oxygen atoms in total. The van der Waals surface area contributed by atoms with Gasteiger partial charge in [0.15, 0.2) is 0 Å². The molecule has 1 saturated heterocycles. The second kappa shape index (κ2) is 9.51. The summed E-state index contributed by atoms with van der Waals surface area (Å²) < 4.78 is 12.5. The lowest BCUT2D eigenvalue weighted by Gasteiger charge is -2.14. The number of carbonyl (C=O) groups excluding carboxylic acids is 1. The third-order valence-electron chi connectivity index (χ3n) is 4.14. The maximum Gasteiger partial charge on any atom is 0.277 e. The van der Waals surface area contributed by atoms with E-state index in [1.54, 1.807) is 23.1 Å². The van der Waals surface area contributed by atoms with Gasteiger partial charge >= 0.3 is 0 Å². The fourth-order valence-electron chi connectivity index (χ4n) is 2.70. The van der Waals surface area contributed by atoms with E-state index in [0.29, 0.717) is 18.7 Å². The van der Waals surface area contributed by atoms with Gasteiger partial charge in [-0.15, -0.1) is 0 Å². The summed E-state index contributed by atoms with van der Waals surface area (Å²) in [5.74, 6) is -0.621. The molecule has 0 unspecified atom stereocenters. The summed E-state index contributed by atoms with van der Waals surface area (Å²) in [4.78, 5) is 33.6. The first-order valence-electron chi connectivity index (χ1n) is 8.50. The number of nitrogens with zero attached hydrogens (tertiary/aromatic N) is 3. The monoisotopic (exact) mass is 390 g/mol. The lowest BCUT2D eigenvalue weighted by atomic mass is 10.1. The zero-order valence-corrected chi connectivity index (χ0v) is 14.9. The number of benzene rings is 2. The first-order valence-corrected chi connectivity index (χ1v) is 8.50. The SMILES string of the molecule is NCc1ccccc1F.O=C(c1cc([N+](=O)[O-])cc([N+](=O)[O-])c1)N1CCCC1. The van der Waals surface area contributed by atoms with Crippen LogP contribution in [0.1, 0.15) is 28.8 Å². The minimum atomic E-state index is -0.742. The summed E-state index contributed by atoms with van der Waals surface area (Å²) in [7, 11) is 0. The average Bonchev–Trinajstić information content (AvgIpc) is 3.22. The Kier molecular flexibility index (Phi) is 7.10. The molecule has 2 aromatic rings. The zero-order chi connectivity index (χ0) is 20.7. The summed E-state index contributed by atoms with van der Waals surface area (Å²) in [6, 6.07) is 9.50. The Morgan fingerprint density at radius 2 is 1.57 bits per heavy atom. The summed E-state index contributed by atoms with van der Waals surface area (Å²) in [5, 5.41) is 21.5. The van der Waals surface area contributed by atoms with E-state index in [2.05, 4.69) is 0 Å². The van der Waals surface area contributed by atoms with Crippen molar-refractivity contribution in [3.8, 4) is 0 Å². The van der Waals surface area contributed by atoms with Crippen molar-refractivity contribution < 1.29 is 19.0 Å². The molecule has 0 bridgehead atoms. The van der Waals surface area contributed by atoms with Gasteiger partial charge in [0.05, 0.1) is 21.5 Å². The molecule has 0 radical (unpaired) electrons. The minimum Gasteiger partial charge on any atom is -0.339 e. The number of amides is 1. The van der Waals surface area contributed by atoms with E-state index in [4.69, 9.17) is 5.73 Å². The van der Waals surface area contributed by atoms with Crippen LogP contribution in [-0.4, -0.2) is 33.7 Å². The molecule has 1 aliphatic heterocycles. The molecule has 3 rings (SSSR count). The Balaban J connectivity index is 0.000000261. The van der Waals surface area contributed by atoms with E-state index in [-0.39, 0.29) is 17.9 Å². The highest BCUT2D eigenvalue weighted by Gasteiger charge is 2.24. The van der Waals surface area contributed by atoms with Gasteiger partial charge in [-0.1, -0.05) is 18.2 Å². The number of likely N-dealkylation sites (tertiary alicyclic amines) is 1. The van der Waals surface area contributed by atoms with Crippen molar-refractivity contribution in [2.45, 2.75) is 19.4 Å². The number of halogens is 1. The van der Waals surface area contributed by atoms with Crippen LogP contribution in [0.3, 0.4) is 0 Å². The number of rotatable bonds is 4. The van der Waals surface area contributed by atoms with E-state index < -0.39 is 27.1 Å². The van der Waals surface area contributed by atoms with Crippen molar-refractivity contribution in [3.05, 3.63) is 79.6 Å². The van der Waals surface area contributed by atoms with Gasteiger partial charge in [-0.25, -0.2) is 4.39 Å². The Bertz CT molecular complexity index is 852. The van der Waals surface area contributed by atoms with Gasteiger partial charge in [-0.2, -0.15) is 0 Å². The molecule has 28 heavy (non-hydrogen) atoms. The fraction of sp³-hybridized carbons (Fsp3) is 0.278. The summed E-state index contributed by atoms with van der Waals surface area (Å²) in [6.07, 6.45) is 1.76. The summed E-state index contributed by atoms with van der Waals surface area (Å²) in [5.41, 5.74) is 4.87. The number of hydrogen-bond donors (Lipinski definition) is 1. The topological polar surface area (TPSA) is 133 Å². The largest absolute Gasteiger partial charge is 0.339 e. The molecule has 2 N–H and O–H groups in total. The van der Waals surface area contributed by atoms with Crippen molar-refractivity contribution in [2.24, 2.45) is 5.73 Å². The van der Waals surface area contributed by atoms with Crippen LogP contribution >= 0.6 is 0 Å². The molecule has 0 saturated carbocycles. The highest BCUT2D eigenvalue weighted by molar-refractivity contribution is 5.95. The van der Waals surface area contributed by atoms with Crippen molar-refractivity contribution in [2.75, 3.05) is 13.1 Å². The normalized spacial score (nSPS) is 12.9. The van der Waals surface area contributed by atoms with E-state index >= 15 is 0 Å². The number of non-ortho nitro benzene ring substituents is 2. The highest BCUT2D eigenvalue weighted by atomic mass is 19.1. The predicted octanol–water partition coefficient (Wildman–Crippen LogP) is 3.02. The molecule has 0 aromatic heterocycles. The Labute approximate surface area is 159 Å². The van der Waals surface area contributed by atoms with Gasteiger partial charge in [0.1, 0.15) is 5.82 Å². The van der Waals surface area contributed by atoms with Crippen LogP contribution < -0.4 is 5.73 Å². The maximum atomic E-state index is 12.5. The van der Waals surface area contributed by atoms with Crippen LogP contribution in [0.2, 0.25) is 0 Å². The van der Waals surface area contributed by atoms with Crippen molar-refractivity contribution in [1.29, 1.82) is 0 Å². The lowest BCUT2D eigenvalue weighted by Crippen LogP contribution is -2.27. The van der Waals surface area contributed by atoms with Gasteiger partial charge in [-0.3, -0.25) is 25.0 Å². The second-order valence-electron chi connectivity index (χ2n) is 6.05. The molecule has 10 heteroatoms. The van der Waals surface area contributed by atoms with Gasteiger partial charge in [0, 0.05) is 37.3 Å². The third kappa shape index (κ3) is 5.30. The molecule has 148 valence electrons. The van der Waals surface area contributed by atoms with Crippen molar-refractivity contribution >= 4 is 17.3 Å². The second-order valence-corrected chi connectivity index (χ2v) is 6.05. The van der Waals surface area contributed by atoms with E-state index in [1.165, 1.54) is 6.07 Å². The predicted molar refractivity (Wildman–Crippen MR) is 99.2 cm³/mol. The average molecular weight is 390 g/mol. The fourth-order valence-corrected chi connectivity index (χ4v) is 2.70. The molecule has 2 aromatic carbocycles. The zero-order valence-electron chi connectivity index (χ0n) is 14.9. The number of carbonyl (C=O) groups is 1. The van der Waals surface area contributed by atoms with E-state index in [9.17, 15) is 29.4 Å². The maximum absolute atomic E-state index is 12.5. The lowest BCUT2D eigenvalue weighted by molar-refractivity contribution is -0.394. The smallest absolute Gasteiger partial charge is 0.277 e. The van der Waals surface area contributed by atoms with Crippen molar-refractivity contribution in [1.82, 2.24) is 4.90 Å². The molecular weight excluding hydrogens is 371 g/mol. The molecule has 1 heterocycles. The Hall–Kier alpha value is -3.40. The van der Waals surface area contributed by atoms with E-state index in [0.717, 1.165) is 31.0 Å². The Morgan fingerprint density at radius 1 is 1.04 bits per heavy atom. The van der Waals surface area contributed by atoms with Gasteiger partial charge in [0.25, 0.3) is 17.3 Å². The van der Waals surface area contributed by atoms with Crippen LogP contribution in [-0.2, 0) is 6.54 Å². The quantitative estimate of drug-likeness (QED) is 0.630. The van der Waals surface area contributed by atoms with Crippen LogP contribution in [0, 0.1) is 26.0 Å². The molecule has 1 aliphatic rings. The number of nitrogens with two attached hydrogens (primary N) is 1. The standard InChI is InChI=1S/C11H11N3O5.C7H8FN/c15-11(12-3-1-2-4-12)8-5-9(13(16)17)7-10(6-8)14(18)19;8-7-4-2-1-3-6(7)5-9/h5-7H,1-4H2;1-4H,5,9H2. The molecule has 1 fully saturated rings. The number of hydrogen-bond acceptors (Lipinski definition) is 6. The van der Waals surface area contributed by atoms with Crippen LogP contribution in [0.5, 0.6) is 0 Å². The Morgan fingerprint density at radius 3 is 2.00 bits per heavy atom. The molecule has 1 amide bonds. The van der Waals surface area contributed by atoms with E-state index in [1.807, 2.05) is 0 Å². The number of nitro groups is 2. The third-order valence-corrected chi connectivity index (χ3v) is 4.14.